The summed E-state index contributed by atoms with van der Waals surface area (Å²) in [4.78, 5) is 36.7. The summed E-state index contributed by atoms with van der Waals surface area (Å²) < 4.78 is 51.6. The second kappa shape index (κ2) is 11.8. The first-order valence-corrected chi connectivity index (χ1v) is 16.5. The van der Waals surface area contributed by atoms with E-state index in [0.717, 1.165) is 90.4 Å². The molecule has 5 aliphatic rings. The molecule has 1 aromatic rings. The van der Waals surface area contributed by atoms with Crippen LogP contribution in [0.5, 0.6) is 0 Å². The molecule has 0 aromatic carbocycles. The molecule has 11 heteroatoms. The number of fused-ring (bicyclic) bond motifs is 1. The first-order chi connectivity index (χ1) is 20.8. The van der Waals surface area contributed by atoms with Gasteiger partial charge in [-0.05, 0) is 69.4 Å². The van der Waals surface area contributed by atoms with Crippen molar-refractivity contribution in [3.8, 4) is 0 Å². The third kappa shape index (κ3) is 5.83. The molecule has 0 N–H and O–H groups in total. The number of nitrogens with zero attached hydrogens (tertiary/aromatic N) is 4. The Hall–Kier alpha value is -2.40. The van der Waals surface area contributed by atoms with Gasteiger partial charge in [-0.15, -0.1) is 0 Å². The van der Waals surface area contributed by atoms with Gasteiger partial charge in [0.15, 0.2) is 0 Å². The highest BCUT2D eigenvalue weighted by molar-refractivity contribution is 5.96. The average Bonchev–Trinajstić information content (AvgIpc) is 3.37. The van der Waals surface area contributed by atoms with Crippen molar-refractivity contribution in [3.63, 3.8) is 0 Å². The Morgan fingerprint density at radius 2 is 1.73 bits per heavy atom. The van der Waals surface area contributed by atoms with Crippen molar-refractivity contribution < 1.29 is 32.2 Å². The van der Waals surface area contributed by atoms with Crippen molar-refractivity contribution in [2.45, 2.75) is 90.0 Å². The molecule has 1 saturated carbocycles. The lowest BCUT2D eigenvalue weighted by Crippen LogP contribution is -2.63. The van der Waals surface area contributed by atoms with Gasteiger partial charge in [0.1, 0.15) is 11.3 Å². The molecule has 2 unspecified atom stereocenters. The largest absolute Gasteiger partial charge is 0.442 e. The zero-order valence-corrected chi connectivity index (χ0v) is 26.5. The second-order valence-electron chi connectivity index (χ2n) is 14.3. The number of carbonyl (C=O) groups excluding carboxylic acids is 2. The van der Waals surface area contributed by atoms with Crippen LogP contribution in [0.1, 0.15) is 86.1 Å². The summed E-state index contributed by atoms with van der Waals surface area (Å²) in [5, 5.41) is 0. The minimum Gasteiger partial charge on any atom is -0.442 e. The smallest absolute Gasteiger partial charge is 0.433 e. The summed E-state index contributed by atoms with van der Waals surface area (Å²) in [5.74, 6) is 1.85. The van der Waals surface area contributed by atoms with E-state index in [4.69, 9.17) is 9.47 Å². The highest BCUT2D eigenvalue weighted by Gasteiger charge is 2.57. The molecule has 5 fully saturated rings. The molecule has 1 aromatic heterocycles. The Balaban J connectivity index is 1.06. The van der Waals surface area contributed by atoms with Crippen LogP contribution in [0.4, 0.5) is 18.0 Å². The number of amides is 2. The fourth-order valence-electron chi connectivity index (χ4n) is 8.57. The number of likely N-dealkylation sites (tertiary alicyclic amines) is 2. The summed E-state index contributed by atoms with van der Waals surface area (Å²) in [6.45, 7) is 13.5. The van der Waals surface area contributed by atoms with Crippen LogP contribution < -0.4 is 0 Å². The molecule has 44 heavy (non-hydrogen) atoms. The normalized spacial score (nSPS) is 29.9. The van der Waals surface area contributed by atoms with Crippen LogP contribution in [0.3, 0.4) is 0 Å². The van der Waals surface area contributed by atoms with Crippen molar-refractivity contribution in [2.75, 3.05) is 52.5 Å². The third-order valence-corrected chi connectivity index (χ3v) is 11.6. The van der Waals surface area contributed by atoms with E-state index in [2.05, 4.69) is 23.7 Å². The van der Waals surface area contributed by atoms with Gasteiger partial charge in [-0.3, -0.25) is 9.69 Å². The quantitative estimate of drug-likeness (QED) is 0.390. The Morgan fingerprint density at radius 3 is 2.32 bits per heavy atom. The summed E-state index contributed by atoms with van der Waals surface area (Å²) in [6, 6.07) is 0.967. The molecule has 0 radical (unpaired) electrons. The van der Waals surface area contributed by atoms with E-state index in [-0.39, 0.29) is 28.8 Å². The molecule has 4 saturated heterocycles. The van der Waals surface area contributed by atoms with Gasteiger partial charge < -0.3 is 19.3 Å². The molecule has 8 nitrogen and oxygen atoms in total. The van der Waals surface area contributed by atoms with Gasteiger partial charge in [-0.1, -0.05) is 19.8 Å². The van der Waals surface area contributed by atoms with Crippen LogP contribution in [0.15, 0.2) is 6.07 Å². The van der Waals surface area contributed by atoms with Crippen LogP contribution in [-0.2, 0) is 15.7 Å². The van der Waals surface area contributed by atoms with Gasteiger partial charge in [0.2, 0.25) is 0 Å². The molecule has 4 atom stereocenters. The first-order valence-electron chi connectivity index (χ1n) is 16.5. The predicted molar refractivity (Wildman–Crippen MR) is 158 cm³/mol. The molecule has 6 rings (SSSR count). The lowest BCUT2D eigenvalue weighted by Gasteiger charge is -2.55. The minimum absolute atomic E-state index is 0.101. The van der Waals surface area contributed by atoms with Gasteiger partial charge in [0.05, 0.1) is 24.5 Å². The van der Waals surface area contributed by atoms with Crippen molar-refractivity contribution in [3.05, 3.63) is 28.6 Å². The number of ether oxygens (including phenoxy) is 2. The topological polar surface area (TPSA) is 75.2 Å². The van der Waals surface area contributed by atoms with Gasteiger partial charge in [0.25, 0.3) is 5.91 Å². The number of carbonyl (C=O) groups is 2. The van der Waals surface area contributed by atoms with E-state index in [9.17, 15) is 22.8 Å². The third-order valence-electron chi connectivity index (χ3n) is 11.6. The molecular weight excluding hydrogens is 573 g/mol. The Kier molecular flexibility index (Phi) is 8.43. The number of aromatic nitrogens is 1. The molecular formula is C33H47F3N4O4. The van der Waals surface area contributed by atoms with Gasteiger partial charge in [-0.25, -0.2) is 9.78 Å². The van der Waals surface area contributed by atoms with Crippen LogP contribution in [0.25, 0.3) is 0 Å². The van der Waals surface area contributed by atoms with E-state index in [0.29, 0.717) is 42.3 Å². The lowest BCUT2D eigenvalue weighted by molar-refractivity contribution is -0.141. The maximum atomic E-state index is 13.4. The number of unbranched alkanes of at least 4 members (excludes halogenated alkanes) is 1. The fraction of sp³-hybridized carbons (Fsp3) is 0.788. The summed E-state index contributed by atoms with van der Waals surface area (Å²) in [7, 11) is 0. The summed E-state index contributed by atoms with van der Waals surface area (Å²) in [5.41, 5.74) is -0.797. The molecule has 5 heterocycles. The van der Waals surface area contributed by atoms with Gasteiger partial charge in [-0.2, -0.15) is 13.2 Å². The van der Waals surface area contributed by atoms with E-state index < -0.39 is 17.5 Å². The van der Waals surface area contributed by atoms with Gasteiger partial charge >= 0.3 is 12.3 Å². The zero-order valence-electron chi connectivity index (χ0n) is 26.5. The second-order valence-corrected chi connectivity index (χ2v) is 14.3. The Labute approximate surface area is 258 Å². The maximum absolute atomic E-state index is 13.4. The average molecular weight is 621 g/mol. The molecule has 0 bridgehead atoms. The Morgan fingerprint density at radius 1 is 1.07 bits per heavy atom. The number of rotatable bonds is 7. The Bertz CT molecular complexity index is 1220. The van der Waals surface area contributed by atoms with Crippen LogP contribution in [0, 0.1) is 37.5 Å². The fourth-order valence-corrected chi connectivity index (χ4v) is 8.57. The van der Waals surface area contributed by atoms with Crippen molar-refractivity contribution in [1.29, 1.82) is 0 Å². The first kappa shape index (κ1) is 31.6. The number of pyridine rings is 1. The molecule has 2 amide bonds. The SMILES string of the molecule is CCCCC1CN(CC2[C@H]3COC[C@@H]23)C(=O)OC12CCN(C1(C)CCN(C(=O)c3c(C)cc(C(F)(F)F)nc3C)CC1)CC2. The standard InChI is InChI=1S/C33H47F3N4O4/c1-5-6-7-23-17-39(18-24-25-19-43-20-26(24)25)30(42)44-32(23)10-14-40(15-11-32)31(4)8-12-38(13-9-31)29(41)28-21(2)16-27(33(34,35)36)37-22(28)3/h16,23-26H,5-15,17-20H2,1-4H3/t23?,24?,25-,26+. The number of hydrogen-bond acceptors (Lipinski definition) is 6. The van der Waals surface area contributed by atoms with E-state index in [1.807, 2.05) is 4.90 Å². The van der Waals surface area contributed by atoms with E-state index in [1.54, 1.807) is 11.8 Å². The number of halogens is 3. The van der Waals surface area contributed by atoms with E-state index >= 15 is 0 Å². The number of piperidine rings is 2. The zero-order chi connectivity index (χ0) is 31.4. The molecule has 4 aliphatic heterocycles. The molecule has 244 valence electrons. The van der Waals surface area contributed by atoms with Crippen molar-refractivity contribution in [1.82, 2.24) is 19.7 Å². The summed E-state index contributed by atoms with van der Waals surface area (Å²) in [6.07, 6.45) is 1.79. The number of alkyl halides is 3. The highest BCUT2D eigenvalue weighted by Crippen LogP contribution is 2.52. The minimum atomic E-state index is -4.55. The van der Waals surface area contributed by atoms with Crippen LogP contribution >= 0.6 is 0 Å². The molecule has 1 aliphatic carbocycles. The highest BCUT2D eigenvalue weighted by atomic mass is 19.4. The van der Waals surface area contributed by atoms with Crippen LogP contribution in [-0.4, -0.2) is 95.3 Å². The van der Waals surface area contributed by atoms with Crippen LogP contribution in [0.2, 0.25) is 0 Å². The monoisotopic (exact) mass is 620 g/mol. The van der Waals surface area contributed by atoms with Crippen molar-refractivity contribution in [2.24, 2.45) is 23.7 Å². The lowest BCUT2D eigenvalue weighted by atomic mass is 9.74. The predicted octanol–water partition coefficient (Wildman–Crippen LogP) is 5.70. The maximum Gasteiger partial charge on any atom is 0.433 e. The summed E-state index contributed by atoms with van der Waals surface area (Å²) >= 11 is 0. The number of aryl methyl sites for hydroxylation is 2. The number of hydrogen-bond donors (Lipinski definition) is 0. The van der Waals surface area contributed by atoms with Gasteiger partial charge in [0, 0.05) is 63.6 Å². The van der Waals surface area contributed by atoms with E-state index in [1.165, 1.54) is 6.92 Å². The molecule has 1 spiro atoms. The van der Waals surface area contributed by atoms with Crippen molar-refractivity contribution >= 4 is 12.0 Å².